The van der Waals surface area contributed by atoms with E-state index < -0.39 is 5.97 Å². The molecule has 114 valence electrons. The molecule has 0 atom stereocenters. The topological polar surface area (TPSA) is 95.3 Å². The highest BCUT2D eigenvalue weighted by atomic mass is 16.4. The van der Waals surface area contributed by atoms with Crippen LogP contribution in [0.1, 0.15) is 10.4 Å². The second-order valence-corrected chi connectivity index (χ2v) is 4.84. The van der Waals surface area contributed by atoms with Gasteiger partial charge in [0.15, 0.2) is 0 Å². The first kappa shape index (κ1) is 14.5. The molecule has 1 aromatic heterocycles. The Bertz CT molecular complexity index is 830. The lowest BCUT2D eigenvalue weighted by atomic mass is 10.1. The van der Waals surface area contributed by atoms with E-state index in [4.69, 9.17) is 5.11 Å². The molecule has 6 nitrogen and oxygen atoms in total. The van der Waals surface area contributed by atoms with Gasteiger partial charge in [0, 0.05) is 11.3 Å². The number of benzene rings is 2. The van der Waals surface area contributed by atoms with Crippen molar-refractivity contribution >= 4 is 17.5 Å². The maximum Gasteiger partial charge on any atom is 0.335 e. The van der Waals surface area contributed by atoms with Crippen LogP contribution in [0.3, 0.4) is 0 Å². The number of carboxylic acid groups (broad SMARTS) is 1. The van der Waals surface area contributed by atoms with Crippen molar-refractivity contribution in [1.82, 2.24) is 9.97 Å². The van der Waals surface area contributed by atoms with Crippen LogP contribution in [-0.2, 0) is 0 Å². The van der Waals surface area contributed by atoms with Crippen molar-refractivity contribution in [2.24, 2.45) is 0 Å². The number of anilines is 2. The summed E-state index contributed by atoms with van der Waals surface area (Å²) in [6, 6.07) is 13.0. The molecular weight excluding hydrogens is 294 g/mol. The molecule has 3 aromatic rings. The summed E-state index contributed by atoms with van der Waals surface area (Å²) < 4.78 is 0. The van der Waals surface area contributed by atoms with E-state index in [9.17, 15) is 9.90 Å². The van der Waals surface area contributed by atoms with Gasteiger partial charge < -0.3 is 15.5 Å². The first-order valence-corrected chi connectivity index (χ1v) is 6.84. The fraction of sp³-hybridized carbons (Fsp3) is 0. The molecule has 0 aliphatic heterocycles. The summed E-state index contributed by atoms with van der Waals surface area (Å²) in [5, 5.41) is 21.3. The first-order valence-electron chi connectivity index (χ1n) is 6.84. The monoisotopic (exact) mass is 307 g/mol. The van der Waals surface area contributed by atoms with Crippen LogP contribution in [0.2, 0.25) is 0 Å². The van der Waals surface area contributed by atoms with Gasteiger partial charge in [0.2, 0.25) is 0 Å². The molecule has 2 aromatic carbocycles. The summed E-state index contributed by atoms with van der Waals surface area (Å²) in [4.78, 5) is 19.4. The molecule has 0 fully saturated rings. The molecule has 0 aliphatic carbocycles. The van der Waals surface area contributed by atoms with Gasteiger partial charge in [0.1, 0.15) is 11.6 Å². The Morgan fingerprint density at radius 1 is 0.957 bits per heavy atom. The summed E-state index contributed by atoms with van der Waals surface area (Å²) in [5.74, 6) is -0.237. The Kier molecular flexibility index (Phi) is 3.88. The number of hydrogen-bond donors (Lipinski definition) is 3. The van der Waals surface area contributed by atoms with E-state index in [1.165, 1.54) is 12.1 Å². The first-order chi connectivity index (χ1) is 11.1. The number of carbonyl (C=O) groups is 1. The van der Waals surface area contributed by atoms with E-state index in [0.29, 0.717) is 17.2 Å². The molecule has 0 radical (unpaired) electrons. The number of nitrogens with one attached hydrogen (secondary N) is 1. The molecule has 6 heteroatoms. The maximum absolute atomic E-state index is 10.8. The van der Waals surface area contributed by atoms with E-state index in [0.717, 1.165) is 5.56 Å². The molecule has 3 N–H and O–H groups in total. The lowest BCUT2D eigenvalue weighted by Crippen LogP contribution is -1.98. The van der Waals surface area contributed by atoms with Gasteiger partial charge in [-0.25, -0.2) is 9.78 Å². The number of phenols is 1. The number of aromatic nitrogens is 2. The van der Waals surface area contributed by atoms with Crippen molar-refractivity contribution in [3.05, 3.63) is 66.5 Å². The standard InChI is InChI=1S/C17H13N3O3/c21-14-7-3-11(4-8-14)15-9-18-10-16(20-15)19-13-5-1-12(2-6-13)17(22)23/h1-10,21H,(H,19,20)(H,22,23). The van der Waals surface area contributed by atoms with Crippen molar-refractivity contribution in [1.29, 1.82) is 0 Å². The smallest absolute Gasteiger partial charge is 0.335 e. The number of aromatic carboxylic acids is 1. The summed E-state index contributed by atoms with van der Waals surface area (Å²) in [6.07, 6.45) is 3.21. The summed E-state index contributed by atoms with van der Waals surface area (Å²) in [5.41, 5.74) is 2.43. The molecule has 0 saturated carbocycles. The fourth-order valence-corrected chi connectivity index (χ4v) is 2.04. The van der Waals surface area contributed by atoms with Gasteiger partial charge in [-0.1, -0.05) is 0 Å². The molecule has 23 heavy (non-hydrogen) atoms. The van der Waals surface area contributed by atoms with E-state index >= 15 is 0 Å². The minimum atomic E-state index is -0.967. The molecule has 0 saturated heterocycles. The number of nitrogens with zero attached hydrogens (tertiary/aromatic N) is 2. The van der Waals surface area contributed by atoms with E-state index in [1.807, 2.05) is 0 Å². The third kappa shape index (κ3) is 3.44. The highest BCUT2D eigenvalue weighted by molar-refractivity contribution is 5.88. The van der Waals surface area contributed by atoms with Crippen LogP contribution in [0.15, 0.2) is 60.9 Å². The molecule has 0 aliphatic rings. The Morgan fingerprint density at radius 2 is 1.65 bits per heavy atom. The van der Waals surface area contributed by atoms with Crippen molar-refractivity contribution in [2.45, 2.75) is 0 Å². The zero-order valence-electron chi connectivity index (χ0n) is 12.0. The average Bonchev–Trinajstić information content (AvgIpc) is 2.56. The summed E-state index contributed by atoms with van der Waals surface area (Å²) in [7, 11) is 0. The van der Waals surface area contributed by atoms with Crippen molar-refractivity contribution in [3.63, 3.8) is 0 Å². The summed E-state index contributed by atoms with van der Waals surface area (Å²) in [6.45, 7) is 0. The highest BCUT2D eigenvalue weighted by Gasteiger charge is 2.05. The van der Waals surface area contributed by atoms with Crippen LogP contribution >= 0.6 is 0 Å². The van der Waals surface area contributed by atoms with Gasteiger partial charge in [0.25, 0.3) is 0 Å². The van der Waals surface area contributed by atoms with Crippen molar-refractivity contribution < 1.29 is 15.0 Å². The second kappa shape index (κ2) is 6.15. The number of hydrogen-bond acceptors (Lipinski definition) is 5. The highest BCUT2D eigenvalue weighted by Crippen LogP contribution is 2.22. The quantitative estimate of drug-likeness (QED) is 0.684. The lowest BCUT2D eigenvalue weighted by molar-refractivity contribution is 0.0697. The third-order valence-electron chi connectivity index (χ3n) is 3.20. The predicted octanol–water partition coefficient (Wildman–Crippen LogP) is 3.29. The number of aromatic hydroxyl groups is 1. The SMILES string of the molecule is O=C(O)c1ccc(Nc2cncc(-c3ccc(O)cc3)n2)cc1. The summed E-state index contributed by atoms with van der Waals surface area (Å²) >= 11 is 0. The Balaban J connectivity index is 1.82. The van der Waals surface area contributed by atoms with Crippen LogP contribution in [0.5, 0.6) is 5.75 Å². The average molecular weight is 307 g/mol. The Hall–Kier alpha value is -3.41. The maximum atomic E-state index is 10.8. The number of phenolic OH excluding ortho intramolecular Hbond substituents is 1. The van der Waals surface area contributed by atoms with Gasteiger partial charge in [0.05, 0.1) is 23.7 Å². The van der Waals surface area contributed by atoms with Gasteiger partial charge in [-0.3, -0.25) is 4.98 Å². The molecule has 0 amide bonds. The number of carboxylic acids is 1. The molecule has 0 unspecified atom stereocenters. The molecule has 1 heterocycles. The third-order valence-corrected chi connectivity index (χ3v) is 3.20. The van der Waals surface area contributed by atoms with E-state index in [1.54, 1.807) is 48.8 Å². The van der Waals surface area contributed by atoms with Gasteiger partial charge >= 0.3 is 5.97 Å². The van der Waals surface area contributed by atoms with Crippen LogP contribution < -0.4 is 5.32 Å². The van der Waals surface area contributed by atoms with Gasteiger partial charge in [-0.15, -0.1) is 0 Å². The lowest BCUT2D eigenvalue weighted by Gasteiger charge is -2.07. The zero-order valence-corrected chi connectivity index (χ0v) is 12.0. The zero-order chi connectivity index (χ0) is 16.2. The van der Waals surface area contributed by atoms with Crippen molar-refractivity contribution in [2.75, 3.05) is 5.32 Å². The molecule has 0 bridgehead atoms. The Labute approximate surface area is 132 Å². The number of rotatable bonds is 4. The molecule has 0 spiro atoms. The van der Waals surface area contributed by atoms with Crippen LogP contribution in [0.4, 0.5) is 11.5 Å². The normalized spacial score (nSPS) is 10.3. The predicted molar refractivity (Wildman–Crippen MR) is 85.8 cm³/mol. The van der Waals surface area contributed by atoms with E-state index in [2.05, 4.69) is 15.3 Å². The van der Waals surface area contributed by atoms with Gasteiger partial charge in [-0.05, 0) is 48.5 Å². The van der Waals surface area contributed by atoms with Gasteiger partial charge in [-0.2, -0.15) is 0 Å². The minimum absolute atomic E-state index is 0.189. The minimum Gasteiger partial charge on any atom is -0.508 e. The molecule has 3 rings (SSSR count). The fourth-order valence-electron chi connectivity index (χ4n) is 2.04. The largest absolute Gasteiger partial charge is 0.508 e. The second-order valence-electron chi connectivity index (χ2n) is 4.84. The Morgan fingerprint density at radius 3 is 2.30 bits per heavy atom. The van der Waals surface area contributed by atoms with E-state index in [-0.39, 0.29) is 11.3 Å². The van der Waals surface area contributed by atoms with Crippen LogP contribution in [0, 0.1) is 0 Å². The molecular formula is C17H13N3O3. The van der Waals surface area contributed by atoms with Crippen LogP contribution in [0.25, 0.3) is 11.3 Å². The van der Waals surface area contributed by atoms with Crippen molar-refractivity contribution in [3.8, 4) is 17.0 Å². The van der Waals surface area contributed by atoms with Crippen LogP contribution in [-0.4, -0.2) is 26.2 Å².